The van der Waals surface area contributed by atoms with Crippen LogP contribution in [0.4, 0.5) is 11.4 Å². The molecule has 0 aliphatic heterocycles. The van der Waals surface area contributed by atoms with Gasteiger partial charge in [-0.25, -0.2) is 0 Å². The molecule has 2 amide bonds. The highest BCUT2D eigenvalue weighted by Crippen LogP contribution is 2.32. The van der Waals surface area contributed by atoms with Gasteiger partial charge in [0.05, 0.1) is 17.8 Å². The summed E-state index contributed by atoms with van der Waals surface area (Å²) in [4.78, 5) is 23.7. The quantitative estimate of drug-likeness (QED) is 0.759. The number of rotatable bonds is 6. The molecular weight excluding hydrogens is 379 g/mol. The number of nitrogens with one attached hydrogen (secondary N) is 2. The molecule has 0 spiro atoms. The molecule has 0 fully saturated rings. The Morgan fingerprint density at radius 2 is 1.81 bits per heavy atom. The van der Waals surface area contributed by atoms with Crippen molar-refractivity contribution in [2.45, 2.75) is 20.0 Å². The van der Waals surface area contributed by atoms with Gasteiger partial charge in [0.1, 0.15) is 16.5 Å². The van der Waals surface area contributed by atoms with Crippen LogP contribution in [0, 0.1) is 0 Å². The number of carbonyl (C=O) groups excluding carboxylic acids is 2. The van der Waals surface area contributed by atoms with E-state index < -0.39 is 12.0 Å². The lowest BCUT2D eigenvalue weighted by molar-refractivity contribution is -0.122. The lowest BCUT2D eigenvalue weighted by Gasteiger charge is -2.17. The Balaban J connectivity index is 2.15. The van der Waals surface area contributed by atoms with Crippen LogP contribution in [0.25, 0.3) is 0 Å². The fourth-order valence-electron chi connectivity index (χ4n) is 2.14. The van der Waals surface area contributed by atoms with Crippen molar-refractivity contribution in [3.63, 3.8) is 0 Å². The first-order chi connectivity index (χ1) is 12.3. The summed E-state index contributed by atoms with van der Waals surface area (Å²) in [6, 6.07) is 9.82. The molecule has 2 aromatic rings. The van der Waals surface area contributed by atoms with Gasteiger partial charge in [0.2, 0.25) is 5.91 Å². The summed E-state index contributed by atoms with van der Waals surface area (Å²) in [7, 11) is 1.48. The molecule has 138 valence electrons. The van der Waals surface area contributed by atoms with Crippen molar-refractivity contribution in [3.8, 4) is 11.5 Å². The average molecular weight is 397 g/mol. The van der Waals surface area contributed by atoms with Crippen LogP contribution in [-0.2, 0) is 9.59 Å². The largest absolute Gasteiger partial charge is 0.495 e. The first-order valence-electron chi connectivity index (χ1n) is 7.69. The third-order valence-electron chi connectivity index (χ3n) is 3.37. The van der Waals surface area contributed by atoms with Crippen LogP contribution in [-0.4, -0.2) is 25.0 Å². The summed E-state index contributed by atoms with van der Waals surface area (Å²) in [6.45, 7) is 2.98. The molecule has 0 aromatic heterocycles. The molecule has 2 N–H and O–H groups in total. The van der Waals surface area contributed by atoms with Gasteiger partial charge in [-0.3, -0.25) is 9.59 Å². The number of anilines is 2. The van der Waals surface area contributed by atoms with E-state index in [1.165, 1.54) is 14.0 Å². The third-order valence-corrected chi connectivity index (χ3v) is 4.17. The molecule has 0 radical (unpaired) electrons. The summed E-state index contributed by atoms with van der Waals surface area (Å²) in [5.74, 6) is 0.111. The number of carbonyl (C=O) groups is 2. The van der Waals surface area contributed by atoms with Gasteiger partial charge in [0.25, 0.3) is 5.91 Å². The van der Waals surface area contributed by atoms with E-state index in [1.807, 2.05) is 0 Å². The van der Waals surface area contributed by atoms with Gasteiger partial charge < -0.3 is 20.1 Å². The number of benzene rings is 2. The van der Waals surface area contributed by atoms with Crippen LogP contribution >= 0.6 is 23.2 Å². The van der Waals surface area contributed by atoms with Crippen molar-refractivity contribution in [1.82, 2.24) is 0 Å². The molecule has 26 heavy (non-hydrogen) atoms. The summed E-state index contributed by atoms with van der Waals surface area (Å²) in [6.07, 6.45) is -0.847. The smallest absolute Gasteiger partial charge is 0.265 e. The van der Waals surface area contributed by atoms with Crippen LogP contribution < -0.4 is 20.1 Å². The zero-order valence-corrected chi connectivity index (χ0v) is 15.9. The van der Waals surface area contributed by atoms with Crippen molar-refractivity contribution >= 4 is 46.4 Å². The minimum absolute atomic E-state index is 0.222. The van der Waals surface area contributed by atoms with E-state index in [1.54, 1.807) is 43.3 Å². The Morgan fingerprint density at radius 1 is 1.08 bits per heavy atom. The Kier molecular flexibility index (Phi) is 6.71. The van der Waals surface area contributed by atoms with Crippen molar-refractivity contribution in [2.75, 3.05) is 17.7 Å². The Labute approximate surface area is 161 Å². The van der Waals surface area contributed by atoms with Gasteiger partial charge in [0.15, 0.2) is 6.10 Å². The summed E-state index contributed by atoms with van der Waals surface area (Å²) < 4.78 is 10.8. The van der Waals surface area contributed by atoms with Gasteiger partial charge in [-0.15, -0.1) is 0 Å². The third kappa shape index (κ3) is 5.03. The van der Waals surface area contributed by atoms with Crippen molar-refractivity contribution in [2.24, 2.45) is 0 Å². The predicted octanol–water partition coefficient (Wildman–Crippen LogP) is 4.37. The van der Waals surface area contributed by atoms with E-state index >= 15 is 0 Å². The van der Waals surface area contributed by atoms with E-state index in [9.17, 15) is 9.59 Å². The highest BCUT2D eigenvalue weighted by atomic mass is 35.5. The zero-order chi connectivity index (χ0) is 19.3. The number of amides is 2. The number of hydrogen-bond donors (Lipinski definition) is 2. The maximum absolute atomic E-state index is 12.5. The van der Waals surface area contributed by atoms with Crippen LogP contribution in [0.5, 0.6) is 11.5 Å². The number of ether oxygens (including phenoxy) is 2. The minimum atomic E-state index is -0.847. The molecule has 0 heterocycles. The maximum Gasteiger partial charge on any atom is 0.265 e. The minimum Gasteiger partial charge on any atom is -0.495 e. The van der Waals surface area contributed by atoms with E-state index in [2.05, 4.69) is 10.6 Å². The average Bonchev–Trinajstić information content (AvgIpc) is 2.58. The van der Waals surface area contributed by atoms with Gasteiger partial charge >= 0.3 is 0 Å². The van der Waals surface area contributed by atoms with Gasteiger partial charge in [-0.2, -0.15) is 0 Å². The fraction of sp³-hybridized carbons (Fsp3) is 0.222. The Morgan fingerprint density at radius 3 is 2.46 bits per heavy atom. The molecule has 0 bridgehead atoms. The van der Waals surface area contributed by atoms with Crippen molar-refractivity contribution in [1.29, 1.82) is 0 Å². The summed E-state index contributed by atoms with van der Waals surface area (Å²) in [5, 5.41) is 5.93. The van der Waals surface area contributed by atoms with Gasteiger partial charge in [-0.1, -0.05) is 29.3 Å². The van der Waals surface area contributed by atoms with E-state index in [-0.39, 0.29) is 10.9 Å². The molecule has 8 heteroatoms. The fourth-order valence-corrected chi connectivity index (χ4v) is 2.48. The summed E-state index contributed by atoms with van der Waals surface area (Å²) >= 11 is 12.0. The van der Waals surface area contributed by atoms with Crippen LogP contribution in [0.15, 0.2) is 36.4 Å². The molecule has 1 atom stereocenters. The van der Waals surface area contributed by atoms with Crippen LogP contribution in [0.1, 0.15) is 13.8 Å². The first kappa shape index (κ1) is 19.9. The molecule has 1 unspecified atom stereocenters. The summed E-state index contributed by atoms with van der Waals surface area (Å²) in [5.41, 5.74) is 0.927. The highest BCUT2D eigenvalue weighted by Gasteiger charge is 2.19. The molecule has 0 aliphatic carbocycles. The molecule has 2 rings (SSSR count). The number of methoxy groups -OCH3 is 1. The monoisotopic (exact) mass is 396 g/mol. The second-order valence-electron chi connectivity index (χ2n) is 5.40. The lowest BCUT2D eigenvalue weighted by Crippen LogP contribution is -2.30. The van der Waals surface area contributed by atoms with E-state index in [0.717, 1.165) is 0 Å². The highest BCUT2D eigenvalue weighted by molar-refractivity contribution is 6.42. The maximum atomic E-state index is 12.5. The second kappa shape index (κ2) is 8.78. The van der Waals surface area contributed by atoms with Gasteiger partial charge in [0, 0.05) is 12.6 Å². The topological polar surface area (TPSA) is 76.7 Å². The van der Waals surface area contributed by atoms with Crippen molar-refractivity contribution in [3.05, 3.63) is 46.4 Å². The molecule has 0 aliphatic rings. The molecule has 0 saturated carbocycles. The normalized spacial score (nSPS) is 11.4. The Hall–Kier alpha value is -2.44. The molecule has 0 saturated heterocycles. The standard InChI is InChI=1S/C18H18Cl2N2O4/c1-10(26-16-6-4-5-13(19)17(16)20)18(24)22-14-9-12(21-11(2)23)7-8-15(14)25-3/h4-10H,1-3H3,(H,21,23)(H,22,24). The lowest BCUT2D eigenvalue weighted by atomic mass is 10.2. The molecular formula is C18H18Cl2N2O4. The van der Waals surface area contributed by atoms with Crippen molar-refractivity contribution < 1.29 is 19.1 Å². The SMILES string of the molecule is COc1ccc(NC(C)=O)cc1NC(=O)C(C)Oc1cccc(Cl)c1Cl. The van der Waals surface area contributed by atoms with E-state index in [0.29, 0.717) is 27.9 Å². The van der Waals surface area contributed by atoms with Gasteiger partial charge in [-0.05, 0) is 37.3 Å². The van der Waals surface area contributed by atoms with Crippen LogP contribution in [0.3, 0.4) is 0 Å². The number of hydrogen-bond acceptors (Lipinski definition) is 4. The molecule has 2 aromatic carbocycles. The Bertz CT molecular complexity index is 827. The number of halogens is 2. The predicted molar refractivity (Wildman–Crippen MR) is 102 cm³/mol. The second-order valence-corrected chi connectivity index (χ2v) is 6.18. The zero-order valence-electron chi connectivity index (χ0n) is 14.4. The first-order valence-corrected chi connectivity index (χ1v) is 8.44. The molecule has 6 nitrogen and oxygen atoms in total. The van der Waals surface area contributed by atoms with E-state index in [4.69, 9.17) is 32.7 Å². The van der Waals surface area contributed by atoms with Crippen LogP contribution in [0.2, 0.25) is 10.0 Å².